The summed E-state index contributed by atoms with van der Waals surface area (Å²) in [6.07, 6.45) is 0. The van der Waals surface area contributed by atoms with Gasteiger partial charge in [0.2, 0.25) is 0 Å². The monoisotopic (exact) mass is 268 g/mol. The normalized spacial score (nSPS) is 10.3. The topological polar surface area (TPSA) is 46.3 Å². The van der Waals surface area contributed by atoms with Gasteiger partial charge in [0.1, 0.15) is 0 Å². The van der Waals surface area contributed by atoms with Crippen LogP contribution in [0.2, 0.25) is 0 Å². The van der Waals surface area contributed by atoms with Crippen molar-refractivity contribution in [1.29, 1.82) is 0 Å². The SMILES string of the molecule is CCN(C(=O)c1cc(N)ccc1C)c1ccccc1C. The van der Waals surface area contributed by atoms with Gasteiger partial charge in [-0.05, 0) is 50.1 Å². The van der Waals surface area contributed by atoms with Crippen molar-refractivity contribution >= 4 is 17.3 Å². The third-order valence-electron chi connectivity index (χ3n) is 3.46. The molecule has 2 N–H and O–H groups in total. The summed E-state index contributed by atoms with van der Waals surface area (Å²) in [5, 5.41) is 0. The first kappa shape index (κ1) is 14.1. The Bertz CT molecular complexity index is 635. The molecule has 0 heterocycles. The number of hydrogen-bond acceptors (Lipinski definition) is 2. The predicted octanol–water partition coefficient (Wildman–Crippen LogP) is 3.55. The van der Waals surface area contributed by atoms with Crippen molar-refractivity contribution in [1.82, 2.24) is 0 Å². The van der Waals surface area contributed by atoms with Gasteiger partial charge in [-0.1, -0.05) is 24.3 Å². The van der Waals surface area contributed by atoms with Gasteiger partial charge in [0.25, 0.3) is 5.91 Å². The molecule has 0 spiro atoms. The molecule has 3 nitrogen and oxygen atoms in total. The Morgan fingerprint density at radius 2 is 1.80 bits per heavy atom. The van der Waals surface area contributed by atoms with Crippen LogP contribution in [-0.4, -0.2) is 12.5 Å². The van der Waals surface area contributed by atoms with Gasteiger partial charge in [-0.15, -0.1) is 0 Å². The molecule has 2 rings (SSSR count). The van der Waals surface area contributed by atoms with Crippen molar-refractivity contribution in [3.05, 3.63) is 59.2 Å². The quantitative estimate of drug-likeness (QED) is 0.865. The zero-order valence-electron chi connectivity index (χ0n) is 12.2. The van der Waals surface area contributed by atoms with Crippen molar-refractivity contribution in [2.45, 2.75) is 20.8 Å². The highest BCUT2D eigenvalue weighted by molar-refractivity contribution is 6.07. The summed E-state index contributed by atoms with van der Waals surface area (Å²) >= 11 is 0. The fourth-order valence-electron chi connectivity index (χ4n) is 2.31. The molecule has 2 aromatic rings. The molecule has 3 heteroatoms. The minimum absolute atomic E-state index is 0.00778. The van der Waals surface area contributed by atoms with Crippen LogP contribution in [0.3, 0.4) is 0 Å². The van der Waals surface area contributed by atoms with Crippen LogP contribution in [0.5, 0.6) is 0 Å². The second-order valence-electron chi connectivity index (χ2n) is 4.91. The smallest absolute Gasteiger partial charge is 0.258 e. The summed E-state index contributed by atoms with van der Waals surface area (Å²) in [6.45, 7) is 6.54. The minimum Gasteiger partial charge on any atom is -0.399 e. The van der Waals surface area contributed by atoms with Crippen LogP contribution in [0.4, 0.5) is 11.4 Å². The van der Waals surface area contributed by atoms with Gasteiger partial charge < -0.3 is 10.6 Å². The van der Waals surface area contributed by atoms with Gasteiger partial charge in [0.05, 0.1) is 0 Å². The number of anilines is 2. The number of carbonyl (C=O) groups is 1. The van der Waals surface area contributed by atoms with E-state index in [1.165, 1.54) is 0 Å². The van der Waals surface area contributed by atoms with E-state index in [0.29, 0.717) is 17.8 Å². The minimum atomic E-state index is -0.00778. The molecule has 0 saturated carbocycles. The molecular weight excluding hydrogens is 248 g/mol. The van der Waals surface area contributed by atoms with E-state index >= 15 is 0 Å². The van der Waals surface area contributed by atoms with Crippen LogP contribution in [-0.2, 0) is 0 Å². The number of nitrogen functional groups attached to an aromatic ring is 1. The summed E-state index contributed by atoms with van der Waals surface area (Å²) in [5.41, 5.74) is 10.1. The van der Waals surface area contributed by atoms with E-state index in [9.17, 15) is 4.79 Å². The average molecular weight is 268 g/mol. The predicted molar refractivity (Wildman–Crippen MR) is 84.1 cm³/mol. The molecule has 20 heavy (non-hydrogen) atoms. The largest absolute Gasteiger partial charge is 0.399 e. The summed E-state index contributed by atoms with van der Waals surface area (Å²) in [7, 11) is 0. The van der Waals surface area contributed by atoms with Crippen molar-refractivity contribution in [3.8, 4) is 0 Å². The first-order chi connectivity index (χ1) is 9.54. The lowest BCUT2D eigenvalue weighted by atomic mass is 10.1. The lowest BCUT2D eigenvalue weighted by molar-refractivity contribution is 0.0987. The number of para-hydroxylation sites is 1. The Kier molecular flexibility index (Phi) is 4.08. The number of nitrogens with two attached hydrogens (primary N) is 1. The molecule has 0 fully saturated rings. The van der Waals surface area contributed by atoms with E-state index in [2.05, 4.69) is 0 Å². The van der Waals surface area contributed by atoms with Crippen LogP contribution in [0.25, 0.3) is 0 Å². The number of benzene rings is 2. The summed E-state index contributed by atoms with van der Waals surface area (Å²) in [6, 6.07) is 13.4. The maximum absolute atomic E-state index is 12.8. The Hall–Kier alpha value is -2.29. The molecule has 104 valence electrons. The van der Waals surface area contributed by atoms with E-state index in [1.54, 1.807) is 11.0 Å². The maximum Gasteiger partial charge on any atom is 0.258 e. The number of nitrogens with zero attached hydrogens (tertiary/aromatic N) is 1. The lowest BCUT2D eigenvalue weighted by Gasteiger charge is -2.24. The second kappa shape index (κ2) is 5.78. The number of carbonyl (C=O) groups excluding carboxylic acids is 1. The Morgan fingerprint density at radius 3 is 2.45 bits per heavy atom. The fourth-order valence-corrected chi connectivity index (χ4v) is 2.31. The third-order valence-corrected chi connectivity index (χ3v) is 3.46. The number of amides is 1. The first-order valence-electron chi connectivity index (χ1n) is 6.78. The highest BCUT2D eigenvalue weighted by Crippen LogP contribution is 2.23. The molecule has 0 aliphatic rings. The molecular formula is C17H20N2O. The summed E-state index contributed by atoms with van der Waals surface area (Å²) in [5.74, 6) is -0.00778. The first-order valence-corrected chi connectivity index (χ1v) is 6.78. The number of aryl methyl sites for hydroxylation is 2. The summed E-state index contributed by atoms with van der Waals surface area (Å²) < 4.78 is 0. The Morgan fingerprint density at radius 1 is 1.10 bits per heavy atom. The molecule has 0 atom stereocenters. The lowest BCUT2D eigenvalue weighted by Crippen LogP contribution is -2.31. The molecule has 0 bridgehead atoms. The molecule has 1 amide bonds. The van der Waals surface area contributed by atoms with Gasteiger partial charge in [-0.3, -0.25) is 4.79 Å². The maximum atomic E-state index is 12.8. The van der Waals surface area contributed by atoms with Crippen LogP contribution in [0.1, 0.15) is 28.4 Å². The van der Waals surface area contributed by atoms with Gasteiger partial charge in [0, 0.05) is 23.5 Å². The zero-order chi connectivity index (χ0) is 14.7. The van der Waals surface area contributed by atoms with Crippen LogP contribution < -0.4 is 10.6 Å². The van der Waals surface area contributed by atoms with Crippen LogP contribution >= 0.6 is 0 Å². The average Bonchev–Trinajstić information content (AvgIpc) is 2.44. The van der Waals surface area contributed by atoms with Crippen LogP contribution in [0, 0.1) is 13.8 Å². The highest BCUT2D eigenvalue weighted by Gasteiger charge is 2.19. The van der Waals surface area contributed by atoms with Crippen molar-refractivity contribution in [3.63, 3.8) is 0 Å². The van der Waals surface area contributed by atoms with E-state index < -0.39 is 0 Å². The standard InChI is InChI=1S/C17H20N2O/c1-4-19(16-8-6-5-7-13(16)3)17(20)15-11-14(18)10-9-12(15)2/h5-11H,4,18H2,1-3H3. The number of hydrogen-bond donors (Lipinski definition) is 1. The summed E-state index contributed by atoms with van der Waals surface area (Å²) in [4.78, 5) is 14.6. The zero-order valence-corrected chi connectivity index (χ0v) is 12.2. The molecule has 2 aromatic carbocycles. The molecule has 0 unspecified atom stereocenters. The second-order valence-corrected chi connectivity index (χ2v) is 4.91. The number of rotatable bonds is 3. The Labute approximate surface area is 120 Å². The molecule has 0 saturated heterocycles. The molecule has 0 radical (unpaired) electrons. The molecule has 0 aliphatic carbocycles. The van der Waals surface area contributed by atoms with Crippen molar-refractivity contribution < 1.29 is 4.79 Å². The van der Waals surface area contributed by atoms with E-state index in [4.69, 9.17) is 5.73 Å². The van der Waals surface area contributed by atoms with E-state index in [1.807, 2.05) is 57.2 Å². The third kappa shape index (κ3) is 2.67. The van der Waals surface area contributed by atoms with Gasteiger partial charge in [-0.25, -0.2) is 0 Å². The molecule has 0 aliphatic heterocycles. The Balaban J connectivity index is 2.45. The van der Waals surface area contributed by atoms with Gasteiger partial charge in [0.15, 0.2) is 0 Å². The highest BCUT2D eigenvalue weighted by atomic mass is 16.2. The van der Waals surface area contributed by atoms with E-state index in [-0.39, 0.29) is 5.91 Å². The van der Waals surface area contributed by atoms with Crippen molar-refractivity contribution in [2.24, 2.45) is 0 Å². The van der Waals surface area contributed by atoms with Gasteiger partial charge in [-0.2, -0.15) is 0 Å². The van der Waals surface area contributed by atoms with E-state index in [0.717, 1.165) is 16.8 Å². The fraction of sp³-hybridized carbons (Fsp3) is 0.235. The van der Waals surface area contributed by atoms with Crippen molar-refractivity contribution in [2.75, 3.05) is 17.2 Å². The van der Waals surface area contributed by atoms with Gasteiger partial charge >= 0.3 is 0 Å². The van der Waals surface area contributed by atoms with Crippen LogP contribution in [0.15, 0.2) is 42.5 Å². The molecule has 0 aromatic heterocycles.